The van der Waals surface area contributed by atoms with Crippen molar-refractivity contribution in [3.8, 4) is 11.5 Å². The summed E-state index contributed by atoms with van der Waals surface area (Å²) in [7, 11) is 1.93. The molecule has 1 heterocycles. The van der Waals surface area contributed by atoms with E-state index < -0.39 is 15.7 Å². The second-order valence-corrected chi connectivity index (χ2v) is 10.8. The Morgan fingerprint density at radius 2 is 1.41 bits per heavy atom. The molecule has 0 aliphatic heterocycles. The molecule has 2 aromatic carbocycles. The third-order valence-corrected chi connectivity index (χ3v) is 6.69. The predicted octanol–water partition coefficient (Wildman–Crippen LogP) is 4.97. The van der Waals surface area contributed by atoms with Crippen LogP contribution in [0.2, 0.25) is 0 Å². The van der Waals surface area contributed by atoms with E-state index >= 15 is 0 Å². The highest BCUT2D eigenvalue weighted by Crippen LogP contribution is 2.25. The summed E-state index contributed by atoms with van der Waals surface area (Å²) in [4.78, 5) is 2.14. The minimum atomic E-state index is -1.38. The molecule has 0 amide bonds. The molecule has 34 heavy (non-hydrogen) atoms. The molecule has 0 saturated heterocycles. The van der Waals surface area contributed by atoms with Crippen LogP contribution < -0.4 is 14.4 Å². The van der Waals surface area contributed by atoms with Gasteiger partial charge in [-0.25, -0.2) is 4.21 Å². The maximum atomic E-state index is 12.7. The highest BCUT2D eigenvalue weighted by atomic mass is 32.2. The van der Waals surface area contributed by atoms with Crippen LogP contribution in [0, 0.1) is 0 Å². The Morgan fingerprint density at radius 3 is 1.85 bits per heavy atom. The molecule has 7 nitrogen and oxygen atoms in total. The van der Waals surface area contributed by atoms with Gasteiger partial charge in [0, 0.05) is 18.7 Å². The lowest BCUT2D eigenvalue weighted by atomic mass is 10.1. The van der Waals surface area contributed by atoms with Crippen LogP contribution in [0.3, 0.4) is 0 Å². The lowest BCUT2D eigenvalue weighted by molar-refractivity contribution is 0.414. The second kappa shape index (κ2) is 11.2. The fourth-order valence-corrected chi connectivity index (χ4v) is 3.88. The van der Waals surface area contributed by atoms with Crippen LogP contribution in [0.25, 0.3) is 0 Å². The van der Waals surface area contributed by atoms with Crippen molar-refractivity contribution >= 4 is 22.5 Å². The van der Waals surface area contributed by atoms with E-state index in [1.54, 1.807) is 20.4 Å². The first-order valence-corrected chi connectivity index (χ1v) is 12.1. The lowest BCUT2D eigenvalue weighted by Crippen LogP contribution is -2.26. The third kappa shape index (κ3) is 6.63. The molecule has 0 saturated carbocycles. The largest absolute Gasteiger partial charge is 0.497 e. The summed E-state index contributed by atoms with van der Waals surface area (Å²) < 4.78 is 27.3. The van der Waals surface area contributed by atoms with Gasteiger partial charge in [-0.15, -0.1) is 5.10 Å². The number of hydrogen-bond donors (Lipinski definition) is 0. The molecule has 0 aliphatic rings. The van der Waals surface area contributed by atoms with Gasteiger partial charge in [0.1, 0.15) is 22.5 Å². The van der Waals surface area contributed by atoms with Crippen molar-refractivity contribution in [2.24, 2.45) is 4.40 Å². The maximum absolute atomic E-state index is 12.7. The Morgan fingerprint density at radius 1 is 0.912 bits per heavy atom. The fraction of sp³-hybridized carbons (Fsp3) is 0.346. The molecule has 8 heteroatoms. The predicted molar refractivity (Wildman–Crippen MR) is 138 cm³/mol. The van der Waals surface area contributed by atoms with Crippen LogP contribution in [-0.2, 0) is 24.1 Å². The monoisotopic (exact) mass is 480 g/mol. The fourth-order valence-electron chi connectivity index (χ4n) is 3.26. The van der Waals surface area contributed by atoms with E-state index in [0.29, 0.717) is 24.6 Å². The second-order valence-electron chi connectivity index (χ2n) is 8.86. The van der Waals surface area contributed by atoms with Gasteiger partial charge in [-0.2, -0.15) is 9.50 Å². The van der Waals surface area contributed by atoms with Crippen LogP contribution >= 0.6 is 0 Å². The highest BCUT2D eigenvalue weighted by Gasteiger charge is 2.22. The molecule has 0 fully saturated rings. The van der Waals surface area contributed by atoms with Gasteiger partial charge < -0.3 is 14.4 Å². The molecule has 0 spiro atoms. The minimum absolute atomic E-state index is 0.451. The van der Waals surface area contributed by atoms with Gasteiger partial charge in [-0.05, 0) is 69.2 Å². The zero-order chi connectivity index (χ0) is 24.7. The molecule has 1 atom stereocenters. The lowest BCUT2D eigenvalue weighted by Gasteiger charge is -2.26. The number of hydrogen-bond acceptors (Lipinski definition) is 6. The minimum Gasteiger partial charge on any atom is -0.497 e. The van der Waals surface area contributed by atoms with Crippen molar-refractivity contribution in [2.45, 2.75) is 45.5 Å². The van der Waals surface area contributed by atoms with E-state index in [-0.39, 0.29) is 0 Å². The Hall–Kier alpha value is -3.26. The van der Waals surface area contributed by atoms with Crippen molar-refractivity contribution in [1.82, 2.24) is 10.2 Å². The van der Waals surface area contributed by atoms with Gasteiger partial charge in [0.2, 0.25) is 0 Å². The molecule has 0 radical (unpaired) electrons. The molecule has 1 aromatic heterocycles. The van der Waals surface area contributed by atoms with Gasteiger partial charge in [-0.3, -0.25) is 0 Å². The highest BCUT2D eigenvalue weighted by molar-refractivity contribution is 7.85. The quantitative estimate of drug-likeness (QED) is 0.403. The van der Waals surface area contributed by atoms with E-state index in [1.165, 1.54) is 0 Å². The van der Waals surface area contributed by atoms with E-state index in [9.17, 15) is 4.21 Å². The van der Waals surface area contributed by atoms with E-state index in [2.05, 4.69) is 19.5 Å². The number of benzene rings is 2. The molecule has 180 valence electrons. The number of methoxy groups -OCH3 is 2. The summed E-state index contributed by atoms with van der Waals surface area (Å²) in [5.74, 6) is 2.29. The van der Waals surface area contributed by atoms with Gasteiger partial charge >= 0.3 is 0 Å². The van der Waals surface area contributed by atoms with E-state index in [0.717, 1.165) is 28.2 Å². The van der Waals surface area contributed by atoms with Crippen LogP contribution in [0.5, 0.6) is 11.5 Å². The molecule has 3 rings (SSSR count). The van der Waals surface area contributed by atoms with Crippen molar-refractivity contribution in [3.05, 3.63) is 77.5 Å². The Balaban J connectivity index is 2.01. The summed E-state index contributed by atoms with van der Waals surface area (Å²) >= 11 is 0. The summed E-state index contributed by atoms with van der Waals surface area (Å²) in [5.41, 5.74) is 3.65. The summed E-state index contributed by atoms with van der Waals surface area (Å²) in [5, 5.41) is 8.63. The van der Waals surface area contributed by atoms with Crippen LogP contribution in [0.15, 0.2) is 65.2 Å². The first-order valence-electron chi connectivity index (χ1n) is 11.0. The molecule has 3 aromatic rings. The molecule has 0 N–H and O–H groups in total. The summed E-state index contributed by atoms with van der Waals surface area (Å²) in [6.45, 7) is 8.78. The Bertz CT molecular complexity index is 1090. The standard InChI is InChI=1S/C26H32N4O3S/c1-19(29-34(31)26(2,3)4)24-15-16-27-28-25(24)30(17-20-7-11-22(32-5)12-8-20)18-21-9-13-23(33-6)14-10-21/h7-16H,17-18H2,1-6H3/t34-/m0/s1. The zero-order valence-corrected chi connectivity index (χ0v) is 21.4. The SMILES string of the molecule is COc1ccc(CN(Cc2ccc(OC)cc2)c2nnccc2C(C)=N[S@@](=O)C(C)(C)C)cc1. The number of anilines is 1. The van der Waals surface area contributed by atoms with Crippen molar-refractivity contribution < 1.29 is 13.7 Å². The first-order chi connectivity index (χ1) is 16.2. The third-order valence-electron chi connectivity index (χ3n) is 5.20. The number of rotatable bonds is 9. The zero-order valence-electron chi connectivity index (χ0n) is 20.6. The molecular formula is C26H32N4O3S. The van der Waals surface area contributed by atoms with Crippen molar-refractivity contribution in [2.75, 3.05) is 19.1 Å². The van der Waals surface area contributed by atoms with E-state index in [1.807, 2.05) is 82.3 Å². The molecule has 0 unspecified atom stereocenters. The van der Waals surface area contributed by atoms with Gasteiger partial charge in [0.15, 0.2) is 5.82 Å². The molecule has 0 aliphatic carbocycles. The molecular weight excluding hydrogens is 448 g/mol. The van der Waals surface area contributed by atoms with Gasteiger partial charge in [-0.1, -0.05) is 24.3 Å². The van der Waals surface area contributed by atoms with Crippen molar-refractivity contribution in [1.29, 1.82) is 0 Å². The average Bonchev–Trinajstić information content (AvgIpc) is 2.84. The summed E-state index contributed by atoms with van der Waals surface area (Å²) in [6, 6.07) is 17.8. The van der Waals surface area contributed by atoms with Crippen molar-refractivity contribution in [3.63, 3.8) is 0 Å². The Kier molecular flexibility index (Phi) is 8.39. The van der Waals surface area contributed by atoms with Crippen LogP contribution in [0.4, 0.5) is 5.82 Å². The van der Waals surface area contributed by atoms with Gasteiger partial charge in [0.05, 0.1) is 30.9 Å². The average molecular weight is 481 g/mol. The number of ether oxygens (including phenoxy) is 2. The van der Waals surface area contributed by atoms with E-state index in [4.69, 9.17) is 9.47 Å². The first kappa shape index (κ1) is 25.4. The molecule has 0 bridgehead atoms. The number of nitrogens with zero attached hydrogens (tertiary/aromatic N) is 4. The normalized spacial score (nSPS) is 12.8. The topological polar surface area (TPSA) is 76.9 Å². The van der Waals surface area contributed by atoms with Crippen LogP contribution in [0.1, 0.15) is 44.4 Å². The van der Waals surface area contributed by atoms with Crippen LogP contribution in [-0.4, -0.2) is 39.1 Å². The summed E-state index contributed by atoms with van der Waals surface area (Å²) in [6.07, 6.45) is 1.64. The smallest absolute Gasteiger partial charge is 0.161 e. The Labute approximate surface area is 204 Å². The number of aromatic nitrogens is 2. The van der Waals surface area contributed by atoms with Gasteiger partial charge in [0.25, 0.3) is 0 Å². The maximum Gasteiger partial charge on any atom is 0.161 e.